The van der Waals surface area contributed by atoms with Gasteiger partial charge in [-0.05, 0) is 45.4 Å². The van der Waals surface area contributed by atoms with Crippen LogP contribution in [0.2, 0.25) is 0 Å². The van der Waals surface area contributed by atoms with Crippen LogP contribution in [-0.2, 0) is 11.2 Å². The molecule has 6 heteroatoms. The number of likely N-dealkylation sites (N-methyl/N-ethyl adjacent to an activating group) is 1. The fourth-order valence-electron chi connectivity index (χ4n) is 3.23. The number of para-hydroxylation sites is 1. The fourth-order valence-corrected chi connectivity index (χ4v) is 3.23. The number of ether oxygens (including phenoxy) is 1. The lowest BCUT2D eigenvalue weighted by Gasteiger charge is -2.16. The number of fused-ring (bicyclic) bond motifs is 1. The van der Waals surface area contributed by atoms with Crippen molar-refractivity contribution < 1.29 is 4.74 Å². The van der Waals surface area contributed by atoms with Gasteiger partial charge in [0, 0.05) is 56.5 Å². The topological polar surface area (TPSA) is 64.7 Å². The van der Waals surface area contributed by atoms with Gasteiger partial charge in [-0.3, -0.25) is 4.99 Å². The summed E-state index contributed by atoms with van der Waals surface area (Å²) in [6, 6.07) is 8.49. The van der Waals surface area contributed by atoms with Crippen LogP contribution in [0.3, 0.4) is 0 Å². The largest absolute Gasteiger partial charge is 0.385 e. The standard InChI is InChI=1S/C21H35N5O/c1-5-22-21(24-13-15-26(3)14-8-16-27-4)23-12-11-18-17(2)25-20-10-7-6-9-19(18)20/h6-7,9-10,25H,5,8,11-16H2,1-4H3,(H2,22,23,24). The third kappa shape index (κ3) is 6.88. The third-order valence-corrected chi connectivity index (χ3v) is 4.68. The second-order valence-electron chi connectivity index (χ2n) is 6.86. The van der Waals surface area contributed by atoms with Gasteiger partial charge in [-0.25, -0.2) is 0 Å². The monoisotopic (exact) mass is 373 g/mol. The Bertz CT molecular complexity index is 710. The summed E-state index contributed by atoms with van der Waals surface area (Å²) >= 11 is 0. The molecule has 0 fully saturated rings. The molecule has 0 aliphatic heterocycles. The third-order valence-electron chi connectivity index (χ3n) is 4.68. The number of aliphatic imine (C=N–C) groups is 1. The van der Waals surface area contributed by atoms with Crippen LogP contribution in [0.5, 0.6) is 0 Å². The molecule has 2 aromatic rings. The summed E-state index contributed by atoms with van der Waals surface area (Å²) in [4.78, 5) is 10.5. The maximum absolute atomic E-state index is 5.10. The summed E-state index contributed by atoms with van der Waals surface area (Å²) < 4.78 is 5.10. The van der Waals surface area contributed by atoms with Crippen molar-refractivity contribution in [3.05, 3.63) is 35.5 Å². The second-order valence-corrected chi connectivity index (χ2v) is 6.86. The van der Waals surface area contributed by atoms with Crippen molar-refractivity contribution in [2.45, 2.75) is 26.7 Å². The SMILES string of the molecule is CCNC(=NCCN(C)CCCOC)NCCc1c(C)[nH]c2ccccc12. The van der Waals surface area contributed by atoms with E-state index < -0.39 is 0 Å². The van der Waals surface area contributed by atoms with Crippen LogP contribution < -0.4 is 10.6 Å². The van der Waals surface area contributed by atoms with Gasteiger partial charge in [0.05, 0.1) is 6.54 Å². The van der Waals surface area contributed by atoms with E-state index in [0.717, 1.165) is 58.1 Å². The molecule has 27 heavy (non-hydrogen) atoms. The average Bonchev–Trinajstić information content (AvgIpc) is 2.97. The first-order valence-corrected chi connectivity index (χ1v) is 9.91. The minimum absolute atomic E-state index is 0.783. The van der Waals surface area contributed by atoms with Crippen molar-refractivity contribution in [3.63, 3.8) is 0 Å². The van der Waals surface area contributed by atoms with Gasteiger partial charge in [-0.2, -0.15) is 0 Å². The van der Waals surface area contributed by atoms with E-state index >= 15 is 0 Å². The van der Waals surface area contributed by atoms with Crippen LogP contribution >= 0.6 is 0 Å². The number of rotatable bonds is 11. The van der Waals surface area contributed by atoms with Gasteiger partial charge in [-0.1, -0.05) is 18.2 Å². The zero-order valence-electron chi connectivity index (χ0n) is 17.3. The number of guanidine groups is 1. The van der Waals surface area contributed by atoms with Gasteiger partial charge < -0.3 is 25.3 Å². The first-order valence-electron chi connectivity index (χ1n) is 9.91. The van der Waals surface area contributed by atoms with Crippen LogP contribution in [0.25, 0.3) is 10.9 Å². The molecule has 0 atom stereocenters. The van der Waals surface area contributed by atoms with Crippen LogP contribution in [0.15, 0.2) is 29.3 Å². The zero-order valence-corrected chi connectivity index (χ0v) is 17.3. The first kappa shape index (κ1) is 21.3. The molecule has 0 aliphatic carbocycles. The summed E-state index contributed by atoms with van der Waals surface area (Å²) in [7, 11) is 3.88. The molecule has 150 valence electrons. The number of hydrogen-bond donors (Lipinski definition) is 3. The first-order chi connectivity index (χ1) is 13.2. The van der Waals surface area contributed by atoms with Gasteiger partial charge >= 0.3 is 0 Å². The van der Waals surface area contributed by atoms with Gasteiger partial charge in [0.2, 0.25) is 0 Å². The minimum Gasteiger partial charge on any atom is -0.385 e. The number of nitrogens with zero attached hydrogens (tertiary/aromatic N) is 2. The van der Waals surface area contributed by atoms with E-state index in [1.54, 1.807) is 7.11 Å². The molecule has 1 heterocycles. The molecule has 2 rings (SSSR count). The lowest BCUT2D eigenvalue weighted by molar-refractivity contribution is 0.180. The van der Waals surface area contributed by atoms with Crippen LogP contribution in [0.1, 0.15) is 24.6 Å². The van der Waals surface area contributed by atoms with Crippen molar-refractivity contribution in [2.24, 2.45) is 4.99 Å². The van der Waals surface area contributed by atoms with Crippen LogP contribution in [0, 0.1) is 6.92 Å². The van der Waals surface area contributed by atoms with E-state index in [4.69, 9.17) is 9.73 Å². The molecule has 0 saturated carbocycles. The van der Waals surface area contributed by atoms with E-state index in [0.29, 0.717) is 0 Å². The van der Waals surface area contributed by atoms with Crippen molar-refractivity contribution in [2.75, 3.05) is 53.5 Å². The van der Waals surface area contributed by atoms with Crippen LogP contribution in [-0.4, -0.2) is 69.3 Å². The normalized spacial score (nSPS) is 12.1. The Kier molecular flexibility index (Phi) is 9.15. The minimum atomic E-state index is 0.783. The number of aromatic amines is 1. The van der Waals surface area contributed by atoms with E-state index in [9.17, 15) is 0 Å². The highest BCUT2D eigenvalue weighted by molar-refractivity contribution is 5.84. The predicted molar refractivity (Wildman–Crippen MR) is 115 cm³/mol. The summed E-state index contributed by atoms with van der Waals surface area (Å²) in [5, 5.41) is 8.11. The number of benzene rings is 1. The maximum atomic E-state index is 5.10. The van der Waals surface area contributed by atoms with Crippen molar-refractivity contribution in [3.8, 4) is 0 Å². The van der Waals surface area contributed by atoms with E-state index in [1.807, 2.05) is 0 Å². The summed E-state index contributed by atoms with van der Waals surface area (Å²) in [6.07, 6.45) is 2.02. The molecular formula is C21H35N5O. The van der Waals surface area contributed by atoms with Gasteiger partial charge in [0.15, 0.2) is 5.96 Å². The molecule has 0 unspecified atom stereocenters. The summed E-state index contributed by atoms with van der Waals surface area (Å²) in [5.41, 5.74) is 3.84. The van der Waals surface area contributed by atoms with E-state index in [2.05, 4.69) is 65.7 Å². The molecule has 1 aromatic heterocycles. The molecule has 3 N–H and O–H groups in total. The fraction of sp³-hybridized carbons (Fsp3) is 0.571. The Balaban J connectivity index is 1.82. The number of aromatic nitrogens is 1. The Labute approximate surface area is 163 Å². The summed E-state index contributed by atoms with van der Waals surface area (Å²) in [6.45, 7) is 9.54. The van der Waals surface area contributed by atoms with Gasteiger partial charge in [0.1, 0.15) is 0 Å². The van der Waals surface area contributed by atoms with E-state index in [-0.39, 0.29) is 0 Å². The molecule has 0 spiro atoms. The predicted octanol–water partition coefficient (Wildman–Crippen LogP) is 2.54. The highest BCUT2D eigenvalue weighted by Crippen LogP contribution is 2.21. The molecule has 0 amide bonds. The highest BCUT2D eigenvalue weighted by Gasteiger charge is 2.08. The lowest BCUT2D eigenvalue weighted by atomic mass is 10.1. The molecule has 6 nitrogen and oxygen atoms in total. The molecular weight excluding hydrogens is 338 g/mol. The van der Waals surface area contributed by atoms with Gasteiger partial charge in [-0.15, -0.1) is 0 Å². The number of hydrogen-bond acceptors (Lipinski definition) is 3. The molecule has 1 aromatic carbocycles. The number of methoxy groups -OCH3 is 1. The van der Waals surface area contributed by atoms with E-state index in [1.165, 1.54) is 22.2 Å². The summed E-state index contributed by atoms with van der Waals surface area (Å²) in [5.74, 6) is 0.889. The Morgan fingerprint density at radius 2 is 2.04 bits per heavy atom. The Morgan fingerprint density at radius 1 is 1.22 bits per heavy atom. The average molecular weight is 374 g/mol. The van der Waals surface area contributed by atoms with Gasteiger partial charge in [0.25, 0.3) is 0 Å². The van der Waals surface area contributed by atoms with Crippen molar-refractivity contribution >= 4 is 16.9 Å². The molecule has 0 saturated heterocycles. The zero-order chi connectivity index (χ0) is 19.5. The quantitative estimate of drug-likeness (QED) is 0.322. The lowest BCUT2D eigenvalue weighted by Crippen LogP contribution is -2.39. The Morgan fingerprint density at radius 3 is 2.81 bits per heavy atom. The second kappa shape index (κ2) is 11.6. The number of H-pyrrole nitrogens is 1. The molecule has 0 bridgehead atoms. The molecule has 0 radical (unpaired) electrons. The Hall–Kier alpha value is -2.05. The molecule has 0 aliphatic rings. The van der Waals surface area contributed by atoms with Crippen LogP contribution in [0.4, 0.5) is 0 Å². The van der Waals surface area contributed by atoms with Crippen molar-refractivity contribution in [1.29, 1.82) is 0 Å². The highest BCUT2D eigenvalue weighted by atomic mass is 16.5. The number of nitrogens with one attached hydrogen (secondary N) is 3. The maximum Gasteiger partial charge on any atom is 0.191 e. The number of aryl methyl sites for hydroxylation is 1. The van der Waals surface area contributed by atoms with Crippen molar-refractivity contribution in [1.82, 2.24) is 20.5 Å². The smallest absolute Gasteiger partial charge is 0.191 e.